The number of nitrogens with one attached hydrogen (secondary N) is 1. The zero-order valence-electron chi connectivity index (χ0n) is 10.6. The highest BCUT2D eigenvalue weighted by atomic mass is 16.5. The van der Waals surface area contributed by atoms with E-state index in [1.165, 1.54) is 12.8 Å². The van der Waals surface area contributed by atoms with Crippen LogP contribution in [0.1, 0.15) is 26.7 Å². The van der Waals surface area contributed by atoms with Crippen molar-refractivity contribution in [2.75, 3.05) is 33.9 Å². The summed E-state index contributed by atoms with van der Waals surface area (Å²) in [6.07, 6.45) is 2.72. The van der Waals surface area contributed by atoms with Gasteiger partial charge in [-0.1, -0.05) is 13.8 Å². The summed E-state index contributed by atoms with van der Waals surface area (Å²) >= 11 is 0. The average Bonchev–Trinajstić information content (AvgIpc) is 2.98. The second-order valence-corrected chi connectivity index (χ2v) is 5.06. The number of hydrogen-bond acceptors (Lipinski definition) is 3. The molecule has 1 aliphatic rings. The third kappa shape index (κ3) is 4.96. The van der Waals surface area contributed by atoms with Crippen molar-refractivity contribution in [3.8, 4) is 0 Å². The summed E-state index contributed by atoms with van der Waals surface area (Å²) < 4.78 is 5.28. The molecule has 0 aromatic heterocycles. The van der Waals surface area contributed by atoms with Gasteiger partial charge in [0.15, 0.2) is 0 Å². The van der Waals surface area contributed by atoms with Gasteiger partial charge < -0.3 is 10.1 Å². The van der Waals surface area contributed by atoms with E-state index in [1.54, 1.807) is 7.11 Å². The Kier molecular flexibility index (Phi) is 5.58. The van der Waals surface area contributed by atoms with E-state index in [9.17, 15) is 0 Å². The number of rotatable bonds is 8. The molecule has 0 amide bonds. The highest BCUT2D eigenvalue weighted by Crippen LogP contribution is 2.26. The van der Waals surface area contributed by atoms with Gasteiger partial charge in [0.2, 0.25) is 0 Å². The lowest BCUT2D eigenvalue weighted by Gasteiger charge is -2.28. The molecule has 0 heterocycles. The highest BCUT2D eigenvalue weighted by molar-refractivity contribution is 4.87. The van der Waals surface area contributed by atoms with Crippen LogP contribution in [0.3, 0.4) is 0 Å². The van der Waals surface area contributed by atoms with Gasteiger partial charge in [0.1, 0.15) is 0 Å². The zero-order valence-corrected chi connectivity index (χ0v) is 10.6. The Morgan fingerprint density at radius 2 is 2.00 bits per heavy atom. The molecule has 0 bridgehead atoms. The maximum atomic E-state index is 5.28. The first kappa shape index (κ1) is 12.9. The van der Waals surface area contributed by atoms with Gasteiger partial charge >= 0.3 is 0 Å². The molecule has 1 rings (SSSR count). The maximum Gasteiger partial charge on any atom is 0.0630 e. The van der Waals surface area contributed by atoms with Crippen LogP contribution in [0.25, 0.3) is 0 Å². The molecular weight excluding hydrogens is 188 g/mol. The summed E-state index contributed by atoms with van der Waals surface area (Å²) in [7, 11) is 4.01. The second kappa shape index (κ2) is 6.46. The topological polar surface area (TPSA) is 24.5 Å². The Hall–Kier alpha value is -0.120. The third-order valence-corrected chi connectivity index (χ3v) is 2.99. The van der Waals surface area contributed by atoms with Gasteiger partial charge in [0.25, 0.3) is 0 Å². The van der Waals surface area contributed by atoms with E-state index in [0.29, 0.717) is 6.04 Å². The molecule has 0 aromatic carbocycles. The molecule has 1 saturated carbocycles. The Labute approximate surface area is 94.2 Å². The molecular formula is C12H26N2O. The molecule has 15 heavy (non-hydrogen) atoms. The van der Waals surface area contributed by atoms with Gasteiger partial charge in [-0.15, -0.1) is 0 Å². The Morgan fingerprint density at radius 1 is 1.33 bits per heavy atom. The Balaban J connectivity index is 2.22. The van der Waals surface area contributed by atoms with Crippen molar-refractivity contribution in [3.63, 3.8) is 0 Å². The van der Waals surface area contributed by atoms with E-state index in [-0.39, 0.29) is 0 Å². The first-order valence-electron chi connectivity index (χ1n) is 6.06. The predicted molar refractivity (Wildman–Crippen MR) is 64.2 cm³/mol. The fourth-order valence-corrected chi connectivity index (χ4v) is 1.83. The molecule has 1 fully saturated rings. The van der Waals surface area contributed by atoms with Gasteiger partial charge in [0.05, 0.1) is 6.61 Å². The van der Waals surface area contributed by atoms with E-state index in [1.807, 2.05) is 0 Å². The van der Waals surface area contributed by atoms with Crippen LogP contribution >= 0.6 is 0 Å². The molecule has 0 spiro atoms. The van der Waals surface area contributed by atoms with Crippen LogP contribution in [0.4, 0.5) is 0 Å². The second-order valence-electron chi connectivity index (χ2n) is 5.06. The molecule has 0 aliphatic heterocycles. The lowest BCUT2D eigenvalue weighted by molar-refractivity contribution is 0.101. The largest absolute Gasteiger partial charge is 0.383 e. The fraction of sp³-hybridized carbons (Fsp3) is 1.00. The summed E-state index contributed by atoms with van der Waals surface area (Å²) in [4.78, 5) is 2.47. The van der Waals surface area contributed by atoms with Crippen molar-refractivity contribution < 1.29 is 4.74 Å². The monoisotopic (exact) mass is 214 g/mol. The number of likely N-dealkylation sites (N-methyl/N-ethyl adjacent to an activating group) is 1. The van der Waals surface area contributed by atoms with Crippen molar-refractivity contribution >= 4 is 0 Å². The van der Waals surface area contributed by atoms with Gasteiger partial charge in [-0.3, -0.25) is 4.90 Å². The van der Waals surface area contributed by atoms with Crippen LogP contribution in [0.5, 0.6) is 0 Å². The standard InChI is InChI=1S/C12H26N2O/c1-10(2)7-13-8-12(9-15-4)14(3)11-5-6-11/h10-13H,5-9H2,1-4H3. The van der Waals surface area contributed by atoms with E-state index in [4.69, 9.17) is 4.74 Å². The summed E-state index contributed by atoms with van der Waals surface area (Å²) in [5.41, 5.74) is 0. The third-order valence-electron chi connectivity index (χ3n) is 2.99. The molecule has 1 unspecified atom stereocenters. The number of hydrogen-bond donors (Lipinski definition) is 1. The van der Waals surface area contributed by atoms with Crippen LogP contribution in [0.2, 0.25) is 0 Å². The van der Waals surface area contributed by atoms with Crippen molar-refractivity contribution in [2.45, 2.75) is 38.8 Å². The van der Waals surface area contributed by atoms with Crippen LogP contribution in [-0.2, 0) is 4.74 Å². The van der Waals surface area contributed by atoms with Gasteiger partial charge in [-0.05, 0) is 32.4 Å². The molecule has 0 radical (unpaired) electrons. The minimum atomic E-state index is 0.529. The normalized spacial score (nSPS) is 18.8. The molecule has 1 N–H and O–H groups in total. The SMILES string of the molecule is COCC(CNCC(C)C)N(C)C1CC1. The number of methoxy groups -OCH3 is 1. The van der Waals surface area contributed by atoms with Gasteiger partial charge in [0, 0.05) is 25.7 Å². The van der Waals surface area contributed by atoms with E-state index >= 15 is 0 Å². The zero-order chi connectivity index (χ0) is 11.3. The summed E-state index contributed by atoms with van der Waals surface area (Å²) in [6, 6.07) is 1.34. The Morgan fingerprint density at radius 3 is 2.47 bits per heavy atom. The number of nitrogens with zero attached hydrogens (tertiary/aromatic N) is 1. The lowest BCUT2D eigenvalue weighted by Crippen LogP contribution is -2.44. The van der Waals surface area contributed by atoms with Crippen molar-refractivity contribution in [2.24, 2.45) is 5.92 Å². The van der Waals surface area contributed by atoms with E-state index < -0.39 is 0 Å². The van der Waals surface area contributed by atoms with Gasteiger partial charge in [-0.25, -0.2) is 0 Å². The van der Waals surface area contributed by atoms with Crippen LogP contribution in [0, 0.1) is 5.92 Å². The molecule has 1 atom stereocenters. The van der Waals surface area contributed by atoms with Crippen molar-refractivity contribution in [1.29, 1.82) is 0 Å². The average molecular weight is 214 g/mol. The van der Waals surface area contributed by atoms with Crippen LogP contribution in [-0.4, -0.2) is 50.8 Å². The summed E-state index contributed by atoms with van der Waals surface area (Å²) in [6.45, 7) is 7.45. The summed E-state index contributed by atoms with van der Waals surface area (Å²) in [5.74, 6) is 0.722. The highest BCUT2D eigenvalue weighted by Gasteiger charge is 2.30. The van der Waals surface area contributed by atoms with E-state index in [2.05, 4.69) is 31.1 Å². The molecule has 3 nitrogen and oxygen atoms in total. The molecule has 0 saturated heterocycles. The Bertz CT molecular complexity index is 169. The quantitative estimate of drug-likeness (QED) is 0.660. The lowest BCUT2D eigenvalue weighted by atomic mass is 10.2. The predicted octanol–water partition coefficient (Wildman–Crippen LogP) is 1.34. The fourth-order valence-electron chi connectivity index (χ4n) is 1.83. The molecule has 0 aromatic rings. The number of ether oxygens (including phenoxy) is 1. The summed E-state index contributed by atoms with van der Waals surface area (Å²) in [5, 5.41) is 3.51. The smallest absolute Gasteiger partial charge is 0.0630 e. The maximum absolute atomic E-state index is 5.28. The first-order chi connectivity index (χ1) is 7.15. The van der Waals surface area contributed by atoms with E-state index in [0.717, 1.165) is 31.7 Å². The van der Waals surface area contributed by atoms with Crippen LogP contribution in [0.15, 0.2) is 0 Å². The minimum absolute atomic E-state index is 0.529. The van der Waals surface area contributed by atoms with Gasteiger partial charge in [-0.2, -0.15) is 0 Å². The van der Waals surface area contributed by atoms with Crippen LogP contribution < -0.4 is 5.32 Å². The minimum Gasteiger partial charge on any atom is -0.383 e. The molecule has 1 aliphatic carbocycles. The molecule has 3 heteroatoms. The first-order valence-corrected chi connectivity index (χ1v) is 6.06. The van der Waals surface area contributed by atoms with Crippen molar-refractivity contribution in [3.05, 3.63) is 0 Å². The van der Waals surface area contributed by atoms with Crippen molar-refractivity contribution in [1.82, 2.24) is 10.2 Å². The molecule has 90 valence electrons.